The molecule has 1 aromatic heterocycles. The molecule has 9 heteroatoms. The lowest BCUT2D eigenvalue weighted by Gasteiger charge is -2.18. The minimum atomic E-state index is -0.992. The smallest absolute Gasteiger partial charge is 0.324 e. The third-order valence-electron chi connectivity index (χ3n) is 3.94. The first-order valence-corrected chi connectivity index (χ1v) is 9.22. The zero-order valence-electron chi connectivity index (χ0n) is 14.8. The van der Waals surface area contributed by atoms with Crippen LogP contribution in [0.5, 0.6) is 0 Å². The van der Waals surface area contributed by atoms with E-state index in [1.165, 1.54) is 18.7 Å². The molecule has 1 saturated heterocycles. The molecule has 1 aromatic rings. The van der Waals surface area contributed by atoms with Gasteiger partial charge in [-0.25, -0.2) is 14.8 Å². The fourth-order valence-corrected chi connectivity index (χ4v) is 3.05. The summed E-state index contributed by atoms with van der Waals surface area (Å²) in [5, 5.41) is 3.24. The Labute approximate surface area is 150 Å². The number of nitrogens with one attached hydrogen (secondary N) is 1. The maximum atomic E-state index is 12.1. The van der Waals surface area contributed by atoms with Crippen molar-refractivity contribution in [2.75, 3.05) is 19.3 Å². The van der Waals surface area contributed by atoms with Crippen LogP contribution < -0.4 is 5.32 Å². The monoisotopic (exact) mass is 366 g/mol. The van der Waals surface area contributed by atoms with E-state index in [0.29, 0.717) is 18.1 Å². The van der Waals surface area contributed by atoms with E-state index >= 15 is 0 Å². The molecule has 8 nitrogen and oxygen atoms in total. The molecule has 0 radical (unpaired) electrons. The molecule has 0 bridgehead atoms. The van der Waals surface area contributed by atoms with E-state index in [4.69, 9.17) is 4.74 Å². The maximum absolute atomic E-state index is 12.1. The Balaban J connectivity index is 1.90. The van der Waals surface area contributed by atoms with Crippen LogP contribution in [-0.2, 0) is 20.7 Å². The summed E-state index contributed by atoms with van der Waals surface area (Å²) in [5.74, 6) is -1.00. The second-order valence-corrected chi connectivity index (χ2v) is 6.49. The first-order valence-electron chi connectivity index (χ1n) is 8.00. The predicted molar refractivity (Wildman–Crippen MR) is 92.3 cm³/mol. The topological polar surface area (TPSA) is 101 Å². The average molecular weight is 366 g/mol. The van der Waals surface area contributed by atoms with Crippen LogP contribution in [0.2, 0.25) is 0 Å². The lowest BCUT2D eigenvalue weighted by atomic mass is 10.1. The molecule has 136 valence electrons. The van der Waals surface area contributed by atoms with Crippen LogP contribution in [-0.4, -0.2) is 58.2 Å². The summed E-state index contributed by atoms with van der Waals surface area (Å²) in [6, 6.07) is -0.454. The van der Waals surface area contributed by atoms with E-state index < -0.39 is 24.0 Å². The van der Waals surface area contributed by atoms with Gasteiger partial charge in [0.25, 0.3) is 5.91 Å². The molecule has 1 atom stereocenters. The number of urea groups is 1. The average Bonchev–Trinajstić information content (AvgIpc) is 2.98. The molecule has 1 aliphatic heterocycles. The van der Waals surface area contributed by atoms with Crippen LogP contribution >= 0.6 is 11.8 Å². The molecular formula is C16H22N4O4S. The number of carbonyl (C=O) groups is 3. The molecule has 2 heterocycles. The Morgan fingerprint density at radius 3 is 2.48 bits per heavy atom. The minimum absolute atomic E-state index is 0.119. The molecular weight excluding hydrogens is 344 g/mol. The van der Waals surface area contributed by atoms with E-state index in [9.17, 15) is 14.4 Å². The molecule has 0 aliphatic carbocycles. The molecule has 1 N–H and O–H groups in total. The largest absolute Gasteiger partial charge is 0.453 e. The van der Waals surface area contributed by atoms with Crippen LogP contribution in [0, 0.1) is 13.8 Å². The SMILES string of the molecule is CSc1nc(C)c(CCC(=O)O[C@@H](C)C(=O)N2CCNC2=O)c(C)n1. The number of aryl methyl sites for hydroxylation is 2. The van der Waals surface area contributed by atoms with Crippen molar-refractivity contribution in [3.05, 3.63) is 17.0 Å². The summed E-state index contributed by atoms with van der Waals surface area (Å²) in [7, 11) is 0. The Bertz CT molecular complexity index is 672. The number of aromatic nitrogens is 2. The lowest BCUT2D eigenvalue weighted by Crippen LogP contribution is -2.41. The van der Waals surface area contributed by atoms with Crippen LogP contribution in [0.3, 0.4) is 0 Å². The van der Waals surface area contributed by atoms with Crippen molar-refractivity contribution in [3.8, 4) is 0 Å². The van der Waals surface area contributed by atoms with Crippen LogP contribution in [0.15, 0.2) is 5.16 Å². The zero-order chi connectivity index (χ0) is 18.6. The molecule has 25 heavy (non-hydrogen) atoms. The summed E-state index contributed by atoms with van der Waals surface area (Å²) in [5.41, 5.74) is 2.58. The van der Waals surface area contributed by atoms with Crippen molar-refractivity contribution in [2.24, 2.45) is 0 Å². The number of thioether (sulfide) groups is 1. The van der Waals surface area contributed by atoms with Crippen molar-refractivity contribution in [2.45, 2.75) is 44.9 Å². The van der Waals surface area contributed by atoms with Gasteiger partial charge in [0, 0.05) is 30.9 Å². The Morgan fingerprint density at radius 1 is 1.32 bits per heavy atom. The van der Waals surface area contributed by atoms with Gasteiger partial charge in [-0.15, -0.1) is 0 Å². The fourth-order valence-electron chi connectivity index (χ4n) is 2.60. The van der Waals surface area contributed by atoms with Gasteiger partial charge >= 0.3 is 12.0 Å². The highest BCUT2D eigenvalue weighted by Gasteiger charge is 2.31. The van der Waals surface area contributed by atoms with E-state index in [1.807, 2.05) is 20.1 Å². The number of esters is 1. The number of nitrogens with zero attached hydrogens (tertiary/aromatic N) is 3. The van der Waals surface area contributed by atoms with Gasteiger partial charge in [-0.2, -0.15) is 0 Å². The summed E-state index contributed by atoms with van der Waals surface area (Å²) < 4.78 is 5.16. The maximum Gasteiger partial charge on any atom is 0.324 e. The third kappa shape index (κ3) is 4.68. The van der Waals surface area contributed by atoms with Crippen LogP contribution in [0.4, 0.5) is 4.79 Å². The Morgan fingerprint density at radius 2 is 1.96 bits per heavy atom. The van der Waals surface area contributed by atoms with Crippen molar-refractivity contribution >= 4 is 29.7 Å². The van der Waals surface area contributed by atoms with Crippen LogP contribution in [0.1, 0.15) is 30.3 Å². The summed E-state index contributed by atoms with van der Waals surface area (Å²) in [6.45, 7) is 5.94. The van der Waals surface area contributed by atoms with Gasteiger partial charge in [0.1, 0.15) is 0 Å². The van der Waals surface area contributed by atoms with Gasteiger partial charge in [-0.3, -0.25) is 14.5 Å². The predicted octanol–water partition coefficient (Wildman–Crippen LogP) is 1.23. The highest BCUT2D eigenvalue weighted by molar-refractivity contribution is 7.98. The minimum Gasteiger partial charge on any atom is -0.453 e. The number of hydrogen-bond donors (Lipinski definition) is 1. The first kappa shape index (κ1) is 19.2. The summed E-state index contributed by atoms with van der Waals surface area (Å²) in [4.78, 5) is 45.4. The first-order chi connectivity index (χ1) is 11.8. The standard InChI is InChI=1S/C16H22N4O4S/c1-9-12(10(2)19-15(18-9)25-4)5-6-13(21)24-11(3)14(22)20-8-7-17-16(20)23/h11H,5-8H2,1-4H3,(H,17,23)/t11-/m0/s1. The van der Waals surface area contributed by atoms with Crippen molar-refractivity contribution < 1.29 is 19.1 Å². The summed E-state index contributed by atoms with van der Waals surface area (Å²) >= 11 is 1.47. The molecule has 2 rings (SSSR count). The normalized spacial score (nSPS) is 15.0. The molecule has 0 saturated carbocycles. The molecule has 3 amide bonds. The zero-order valence-corrected chi connectivity index (χ0v) is 15.6. The van der Waals surface area contributed by atoms with Crippen LogP contribution in [0.25, 0.3) is 0 Å². The Kier molecular flexibility index (Phi) is 6.35. The molecule has 0 unspecified atom stereocenters. The molecule has 1 aliphatic rings. The number of ether oxygens (including phenoxy) is 1. The number of carbonyl (C=O) groups excluding carboxylic acids is 3. The van der Waals surface area contributed by atoms with E-state index in [1.54, 1.807) is 0 Å². The van der Waals surface area contributed by atoms with Crippen molar-refractivity contribution in [1.29, 1.82) is 0 Å². The fraction of sp³-hybridized carbons (Fsp3) is 0.562. The quantitative estimate of drug-likeness (QED) is 0.459. The lowest BCUT2D eigenvalue weighted by molar-refractivity contribution is -0.157. The highest BCUT2D eigenvalue weighted by atomic mass is 32.2. The molecule has 1 fully saturated rings. The Hall–Kier alpha value is -2.16. The van der Waals surface area contributed by atoms with Crippen molar-refractivity contribution in [1.82, 2.24) is 20.2 Å². The van der Waals surface area contributed by atoms with E-state index in [0.717, 1.165) is 21.9 Å². The highest BCUT2D eigenvalue weighted by Crippen LogP contribution is 2.17. The molecule has 0 aromatic carbocycles. The number of hydrogen-bond acceptors (Lipinski definition) is 7. The van der Waals surface area contributed by atoms with Gasteiger partial charge in [0.2, 0.25) is 0 Å². The van der Waals surface area contributed by atoms with Gasteiger partial charge in [-0.05, 0) is 39.0 Å². The number of imide groups is 1. The third-order valence-corrected chi connectivity index (χ3v) is 4.49. The van der Waals surface area contributed by atoms with E-state index in [2.05, 4.69) is 15.3 Å². The van der Waals surface area contributed by atoms with Gasteiger partial charge in [0.15, 0.2) is 11.3 Å². The van der Waals surface area contributed by atoms with Gasteiger partial charge in [0.05, 0.1) is 0 Å². The van der Waals surface area contributed by atoms with Gasteiger partial charge < -0.3 is 10.1 Å². The number of amides is 3. The van der Waals surface area contributed by atoms with Crippen molar-refractivity contribution in [3.63, 3.8) is 0 Å². The second kappa shape index (κ2) is 8.28. The van der Waals surface area contributed by atoms with E-state index in [-0.39, 0.29) is 13.0 Å². The molecule has 0 spiro atoms. The van der Waals surface area contributed by atoms with Gasteiger partial charge in [-0.1, -0.05) is 11.8 Å². The number of rotatable bonds is 6. The summed E-state index contributed by atoms with van der Waals surface area (Å²) in [6.07, 6.45) is 1.47. The second-order valence-electron chi connectivity index (χ2n) is 5.71.